The fraction of sp³-hybridized carbons (Fsp3) is 0.222. The van der Waals surface area contributed by atoms with Gasteiger partial charge in [0.1, 0.15) is 5.02 Å². The van der Waals surface area contributed by atoms with Gasteiger partial charge in [-0.1, -0.05) is 29.8 Å². The number of allylic oxidation sites excluding steroid dienone is 2. The highest BCUT2D eigenvalue weighted by atomic mass is 127. The van der Waals surface area contributed by atoms with Crippen molar-refractivity contribution in [2.24, 2.45) is 5.92 Å². The fourth-order valence-corrected chi connectivity index (χ4v) is 4.46. The van der Waals surface area contributed by atoms with Gasteiger partial charge in [-0.05, 0) is 70.3 Å². The van der Waals surface area contributed by atoms with Gasteiger partial charge in [0.05, 0.1) is 11.0 Å². The van der Waals surface area contributed by atoms with E-state index in [1.54, 1.807) is 12.1 Å². The lowest BCUT2D eigenvalue weighted by Crippen LogP contribution is -2.29. The summed E-state index contributed by atoms with van der Waals surface area (Å²) in [6, 6.07) is 11.5. The Kier molecular flexibility index (Phi) is 4.00. The number of nitro groups is 1. The van der Waals surface area contributed by atoms with Gasteiger partial charge in [-0.25, -0.2) is 0 Å². The van der Waals surface area contributed by atoms with Gasteiger partial charge in [0.2, 0.25) is 0 Å². The third-order valence-electron chi connectivity index (χ3n) is 4.85. The minimum absolute atomic E-state index is 0.0353. The Balaban J connectivity index is 1.79. The summed E-state index contributed by atoms with van der Waals surface area (Å²) in [7, 11) is 0. The van der Waals surface area contributed by atoms with Gasteiger partial charge < -0.3 is 5.32 Å². The molecule has 2 aliphatic rings. The Morgan fingerprint density at radius 2 is 2.08 bits per heavy atom. The maximum absolute atomic E-state index is 11.2. The van der Waals surface area contributed by atoms with Crippen LogP contribution in [-0.4, -0.2) is 4.92 Å². The maximum atomic E-state index is 11.2. The smallest absolute Gasteiger partial charge is 0.288 e. The largest absolute Gasteiger partial charge is 0.378 e. The summed E-state index contributed by atoms with van der Waals surface area (Å²) in [4.78, 5) is 10.8. The Morgan fingerprint density at radius 1 is 1.25 bits per heavy atom. The molecule has 122 valence electrons. The highest BCUT2D eigenvalue weighted by molar-refractivity contribution is 14.1. The third-order valence-corrected chi connectivity index (χ3v) is 5.84. The Morgan fingerprint density at radius 3 is 2.88 bits per heavy atom. The van der Waals surface area contributed by atoms with E-state index in [1.807, 2.05) is 6.07 Å². The van der Waals surface area contributed by atoms with E-state index in [9.17, 15) is 10.1 Å². The number of benzene rings is 2. The van der Waals surface area contributed by atoms with E-state index in [1.165, 1.54) is 9.13 Å². The van der Waals surface area contributed by atoms with Crippen LogP contribution in [-0.2, 0) is 0 Å². The Labute approximate surface area is 158 Å². The van der Waals surface area contributed by atoms with Crippen molar-refractivity contribution in [1.29, 1.82) is 0 Å². The number of rotatable bonds is 2. The molecule has 3 atom stereocenters. The summed E-state index contributed by atoms with van der Waals surface area (Å²) in [5, 5.41) is 15.0. The first-order valence-electron chi connectivity index (χ1n) is 7.71. The lowest BCUT2D eigenvalue weighted by atomic mass is 9.77. The van der Waals surface area contributed by atoms with Gasteiger partial charge in [-0.2, -0.15) is 0 Å². The average molecular weight is 453 g/mol. The molecular formula is C18H14ClIN2O2. The number of nitro benzene ring substituents is 1. The van der Waals surface area contributed by atoms with Crippen molar-refractivity contribution < 1.29 is 4.92 Å². The van der Waals surface area contributed by atoms with E-state index in [0.29, 0.717) is 11.8 Å². The molecule has 1 N–H and O–H groups in total. The lowest BCUT2D eigenvalue weighted by Gasteiger charge is -2.37. The minimum atomic E-state index is -0.421. The molecule has 0 radical (unpaired) electrons. The predicted molar refractivity (Wildman–Crippen MR) is 104 cm³/mol. The van der Waals surface area contributed by atoms with E-state index < -0.39 is 4.92 Å². The lowest BCUT2D eigenvalue weighted by molar-refractivity contribution is -0.384. The number of anilines is 1. The molecule has 3 unspecified atom stereocenters. The number of halogens is 2. The molecule has 0 bridgehead atoms. The molecule has 1 aliphatic carbocycles. The molecule has 0 spiro atoms. The highest BCUT2D eigenvalue weighted by Crippen LogP contribution is 2.50. The van der Waals surface area contributed by atoms with Crippen LogP contribution in [0.2, 0.25) is 5.02 Å². The van der Waals surface area contributed by atoms with Crippen LogP contribution in [0.4, 0.5) is 11.4 Å². The molecule has 1 heterocycles. The first-order valence-corrected chi connectivity index (χ1v) is 9.17. The second kappa shape index (κ2) is 6.04. The molecule has 0 aromatic heterocycles. The van der Waals surface area contributed by atoms with Gasteiger partial charge in [-0.3, -0.25) is 10.1 Å². The monoisotopic (exact) mass is 452 g/mol. The maximum Gasteiger partial charge on any atom is 0.288 e. The zero-order valence-corrected chi connectivity index (χ0v) is 15.5. The highest BCUT2D eigenvalue weighted by Gasteiger charge is 2.38. The summed E-state index contributed by atoms with van der Waals surface area (Å²) in [6.45, 7) is 0. The normalized spacial score (nSPS) is 24.2. The van der Waals surface area contributed by atoms with Gasteiger partial charge >= 0.3 is 0 Å². The molecule has 0 saturated carbocycles. The van der Waals surface area contributed by atoms with E-state index in [4.69, 9.17) is 11.6 Å². The predicted octanol–water partition coefficient (Wildman–Crippen LogP) is 5.68. The molecule has 24 heavy (non-hydrogen) atoms. The van der Waals surface area contributed by atoms with Crippen LogP contribution in [0.25, 0.3) is 0 Å². The third kappa shape index (κ3) is 2.59. The van der Waals surface area contributed by atoms with Crippen molar-refractivity contribution >= 4 is 45.6 Å². The molecule has 6 heteroatoms. The van der Waals surface area contributed by atoms with Crippen LogP contribution in [0.5, 0.6) is 0 Å². The van der Waals surface area contributed by atoms with E-state index in [2.05, 4.69) is 58.3 Å². The topological polar surface area (TPSA) is 55.2 Å². The van der Waals surface area contributed by atoms with Crippen molar-refractivity contribution in [3.63, 3.8) is 0 Å². The standard InChI is InChI=1S/C18H14ClIN2O2/c19-15-6-4-10(8-17(15)22(23)24)18-13-3-1-2-12(13)14-9-11(20)5-7-16(14)21-18/h1-2,4-9,12-13,18,21H,3H2. The second-order valence-corrected chi connectivity index (χ2v) is 7.83. The van der Waals surface area contributed by atoms with Crippen LogP contribution in [0.3, 0.4) is 0 Å². The van der Waals surface area contributed by atoms with Crippen molar-refractivity contribution in [2.45, 2.75) is 18.4 Å². The summed E-state index contributed by atoms with van der Waals surface area (Å²) in [5.74, 6) is 0.701. The molecule has 0 fully saturated rings. The number of hydrogen-bond acceptors (Lipinski definition) is 3. The molecule has 2 aromatic carbocycles. The van der Waals surface area contributed by atoms with Gasteiger partial charge in [-0.15, -0.1) is 0 Å². The molecule has 0 saturated heterocycles. The fourth-order valence-electron chi connectivity index (χ4n) is 3.76. The van der Waals surface area contributed by atoms with Crippen LogP contribution in [0.1, 0.15) is 29.5 Å². The molecule has 4 nitrogen and oxygen atoms in total. The summed E-state index contributed by atoms with van der Waals surface area (Å²) < 4.78 is 1.22. The van der Waals surface area contributed by atoms with Crippen LogP contribution in [0.15, 0.2) is 48.6 Å². The first kappa shape index (κ1) is 15.9. The zero-order chi connectivity index (χ0) is 16.8. The molecule has 2 aromatic rings. The van der Waals surface area contributed by atoms with Crippen molar-refractivity contribution in [3.05, 3.63) is 78.4 Å². The quantitative estimate of drug-likeness (QED) is 0.276. The minimum Gasteiger partial charge on any atom is -0.378 e. The van der Waals surface area contributed by atoms with E-state index >= 15 is 0 Å². The summed E-state index contributed by atoms with van der Waals surface area (Å²) in [6.07, 6.45) is 5.44. The number of hydrogen-bond donors (Lipinski definition) is 1. The van der Waals surface area contributed by atoms with Gasteiger partial charge in [0.25, 0.3) is 5.69 Å². The van der Waals surface area contributed by atoms with Crippen LogP contribution in [0, 0.1) is 19.6 Å². The van der Waals surface area contributed by atoms with Gasteiger partial charge in [0, 0.05) is 21.2 Å². The summed E-state index contributed by atoms with van der Waals surface area (Å²) >= 11 is 8.29. The zero-order valence-electron chi connectivity index (χ0n) is 12.6. The Hall–Kier alpha value is -1.60. The van der Waals surface area contributed by atoms with Crippen LogP contribution >= 0.6 is 34.2 Å². The van der Waals surface area contributed by atoms with Crippen molar-refractivity contribution in [2.75, 3.05) is 5.32 Å². The van der Waals surface area contributed by atoms with Gasteiger partial charge in [0.15, 0.2) is 0 Å². The van der Waals surface area contributed by atoms with Crippen molar-refractivity contribution in [1.82, 2.24) is 0 Å². The summed E-state index contributed by atoms with van der Waals surface area (Å²) in [5.41, 5.74) is 3.28. The SMILES string of the molecule is O=[N+]([O-])c1cc(C2Nc3ccc(I)cc3C3C=CCC32)ccc1Cl. The molecule has 1 aliphatic heterocycles. The number of nitrogens with one attached hydrogen (secondary N) is 1. The van der Waals surface area contributed by atoms with E-state index in [0.717, 1.165) is 17.7 Å². The number of nitrogens with zero attached hydrogens (tertiary/aromatic N) is 1. The van der Waals surface area contributed by atoms with E-state index in [-0.39, 0.29) is 16.8 Å². The first-order chi connectivity index (χ1) is 11.5. The number of fused-ring (bicyclic) bond motifs is 3. The molecule has 0 amide bonds. The van der Waals surface area contributed by atoms with Crippen LogP contribution < -0.4 is 5.32 Å². The molecule has 4 rings (SSSR count). The second-order valence-electron chi connectivity index (χ2n) is 6.18. The Bertz CT molecular complexity index is 868. The van der Waals surface area contributed by atoms with Crippen molar-refractivity contribution in [3.8, 4) is 0 Å². The average Bonchev–Trinajstić information content (AvgIpc) is 3.04. The molecular weight excluding hydrogens is 439 g/mol.